The molecule has 0 radical (unpaired) electrons. The van der Waals surface area contributed by atoms with Crippen molar-refractivity contribution in [1.29, 1.82) is 0 Å². The first-order valence-corrected chi connectivity index (χ1v) is 5.18. The van der Waals surface area contributed by atoms with Gasteiger partial charge in [0.2, 0.25) is 0 Å². The molecule has 0 aliphatic heterocycles. The molecule has 0 aliphatic rings. The zero-order valence-electron chi connectivity index (χ0n) is 10.2. The topological polar surface area (TPSA) is 44.8 Å². The van der Waals surface area contributed by atoms with Crippen molar-refractivity contribution in [2.24, 2.45) is 0 Å². The second-order valence-corrected chi connectivity index (χ2v) is 3.64. The van der Waals surface area contributed by atoms with Gasteiger partial charge < -0.3 is 14.2 Å². The lowest BCUT2D eigenvalue weighted by Crippen LogP contribution is -2.23. The molecule has 0 aromatic rings. The van der Waals surface area contributed by atoms with Crippen molar-refractivity contribution in [1.82, 2.24) is 0 Å². The van der Waals surface area contributed by atoms with Crippen molar-refractivity contribution >= 4 is 5.97 Å². The Kier molecular flexibility index (Phi) is 7.29. The summed E-state index contributed by atoms with van der Waals surface area (Å²) in [5.41, 5.74) is 0.385. The number of carbonyl (C=O) groups is 1. The van der Waals surface area contributed by atoms with Crippen molar-refractivity contribution < 1.29 is 19.0 Å². The number of ether oxygens (including phenoxy) is 3. The first kappa shape index (κ1) is 14.7. The predicted octanol–water partition coefficient (Wildman–Crippen LogP) is 2.06. The van der Waals surface area contributed by atoms with Crippen molar-refractivity contribution in [3.63, 3.8) is 0 Å². The van der Waals surface area contributed by atoms with Crippen LogP contribution in [0.1, 0.15) is 20.8 Å². The van der Waals surface area contributed by atoms with Crippen molar-refractivity contribution in [3.05, 3.63) is 25.0 Å². The summed E-state index contributed by atoms with van der Waals surface area (Å²) in [6.45, 7) is 12.9. The number of esters is 1. The van der Waals surface area contributed by atoms with Gasteiger partial charge in [0.05, 0.1) is 19.0 Å². The molecule has 16 heavy (non-hydrogen) atoms. The van der Waals surface area contributed by atoms with Crippen LogP contribution < -0.4 is 0 Å². The van der Waals surface area contributed by atoms with E-state index in [1.54, 1.807) is 6.92 Å². The van der Waals surface area contributed by atoms with Gasteiger partial charge in [0.25, 0.3) is 0 Å². The van der Waals surface area contributed by atoms with Crippen LogP contribution in [0.3, 0.4) is 0 Å². The Bertz CT molecular complexity index is 247. The van der Waals surface area contributed by atoms with Gasteiger partial charge in [-0.15, -0.1) is 0 Å². The molecule has 0 aromatic heterocycles. The fourth-order valence-corrected chi connectivity index (χ4v) is 0.868. The Morgan fingerprint density at radius 1 is 1.31 bits per heavy atom. The first-order valence-electron chi connectivity index (χ1n) is 5.18. The highest BCUT2D eigenvalue weighted by Gasteiger charge is 2.09. The third kappa shape index (κ3) is 7.06. The SMILES string of the molecule is C=COC(C)COC(C)COC(=O)C(=C)C. The standard InChI is InChI=1S/C12H20O4/c1-6-14-10(4)7-15-11(5)8-16-12(13)9(2)3/h6,10-11H,1-2,7-8H2,3-5H3. The van der Waals surface area contributed by atoms with E-state index in [2.05, 4.69) is 13.2 Å². The maximum Gasteiger partial charge on any atom is 0.333 e. The van der Waals surface area contributed by atoms with Gasteiger partial charge in [-0.25, -0.2) is 4.79 Å². The van der Waals surface area contributed by atoms with Gasteiger partial charge in [-0.1, -0.05) is 13.2 Å². The van der Waals surface area contributed by atoms with E-state index in [0.717, 1.165) is 0 Å². The van der Waals surface area contributed by atoms with E-state index in [4.69, 9.17) is 14.2 Å². The zero-order valence-corrected chi connectivity index (χ0v) is 10.2. The van der Waals surface area contributed by atoms with Gasteiger partial charge in [0.15, 0.2) is 0 Å². The largest absolute Gasteiger partial charge is 0.497 e. The lowest BCUT2D eigenvalue weighted by molar-refractivity contribution is -0.143. The van der Waals surface area contributed by atoms with Crippen LogP contribution in [0.15, 0.2) is 25.0 Å². The minimum absolute atomic E-state index is 0.0585. The normalized spacial score (nSPS) is 13.7. The van der Waals surface area contributed by atoms with E-state index < -0.39 is 5.97 Å². The molecule has 0 N–H and O–H groups in total. The molecule has 0 bridgehead atoms. The fraction of sp³-hybridized carbons (Fsp3) is 0.583. The maximum atomic E-state index is 11.1. The van der Waals surface area contributed by atoms with Gasteiger partial charge in [-0.3, -0.25) is 0 Å². The summed E-state index contributed by atoms with van der Waals surface area (Å²) in [6.07, 6.45) is 1.15. The highest BCUT2D eigenvalue weighted by molar-refractivity contribution is 5.86. The summed E-state index contributed by atoms with van der Waals surface area (Å²) >= 11 is 0. The summed E-state index contributed by atoms with van der Waals surface area (Å²) in [5, 5.41) is 0. The monoisotopic (exact) mass is 228 g/mol. The minimum Gasteiger partial charge on any atom is -0.497 e. The van der Waals surface area contributed by atoms with Crippen LogP contribution in [-0.4, -0.2) is 31.4 Å². The highest BCUT2D eigenvalue weighted by atomic mass is 16.6. The second-order valence-electron chi connectivity index (χ2n) is 3.64. The summed E-state index contributed by atoms with van der Waals surface area (Å²) in [7, 11) is 0. The van der Waals surface area contributed by atoms with Gasteiger partial charge in [0, 0.05) is 5.57 Å². The van der Waals surface area contributed by atoms with Crippen LogP contribution in [0.2, 0.25) is 0 Å². The molecule has 2 unspecified atom stereocenters. The summed E-state index contributed by atoms with van der Waals surface area (Å²) in [6, 6.07) is 0. The molecule has 4 heteroatoms. The lowest BCUT2D eigenvalue weighted by atomic mass is 10.3. The number of carbonyl (C=O) groups excluding carboxylic acids is 1. The van der Waals surface area contributed by atoms with Crippen molar-refractivity contribution in [2.45, 2.75) is 33.0 Å². The van der Waals surface area contributed by atoms with Gasteiger partial charge in [0.1, 0.15) is 12.7 Å². The molecule has 0 saturated heterocycles. The molecule has 0 aliphatic carbocycles. The average Bonchev–Trinajstić information content (AvgIpc) is 2.23. The second kappa shape index (κ2) is 7.93. The Balaban J connectivity index is 3.66. The molecule has 4 nitrogen and oxygen atoms in total. The number of hydrogen-bond acceptors (Lipinski definition) is 4. The summed E-state index contributed by atoms with van der Waals surface area (Å²) in [4.78, 5) is 11.1. The van der Waals surface area contributed by atoms with Crippen LogP contribution >= 0.6 is 0 Å². The molecule has 0 saturated carbocycles. The Labute approximate surface area is 96.9 Å². The van der Waals surface area contributed by atoms with E-state index in [1.165, 1.54) is 6.26 Å². The average molecular weight is 228 g/mol. The molecule has 0 aromatic carbocycles. The lowest BCUT2D eigenvalue weighted by Gasteiger charge is -2.16. The third-order valence-electron chi connectivity index (χ3n) is 1.74. The van der Waals surface area contributed by atoms with Crippen LogP contribution in [0.4, 0.5) is 0 Å². The Hall–Kier alpha value is -1.29. The van der Waals surface area contributed by atoms with Gasteiger partial charge in [-0.2, -0.15) is 0 Å². The van der Waals surface area contributed by atoms with E-state index in [0.29, 0.717) is 12.2 Å². The van der Waals surface area contributed by atoms with Gasteiger partial charge in [-0.05, 0) is 20.8 Å². The van der Waals surface area contributed by atoms with Crippen LogP contribution in [0, 0.1) is 0 Å². The van der Waals surface area contributed by atoms with Crippen molar-refractivity contribution in [3.8, 4) is 0 Å². The highest BCUT2D eigenvalue weighted by Crippen LogP contribution is 2.00. The smallest absolute Gasteiger partial charge is 0.333 e. The molecule has 2 atom stereocenters. The molecule has 0 amide bonds. The van der Waals surface area contributed by atoms with E-state index in [-0.39, 0.29) is 18.8 Å². The van der Waals surface area contributed by atoms with Crippen LogP contribution in [0.5, 0.6) is 0 Å². The van der Waals surface area contributed by atoms with Crippen LogP contribution in [-0.2, 0) is 19.0 Å². The van der Waals surface area contributed by atoms with Gasteiger partial charge >= 0.3 is 5.97 Å². The number of hydrogen-bond donors (Lipinski definition) is 0. The molecular weight excluding hydrogens is 208 g/mol. The first-order chi connectivity index (χ1) is 7.47. The fourth-order valence-electron chi connectivity index (χ4n) is 0.868. The maximum absolute atomic E-state index is 11.1. The van der Waals surface area contributed by atoms with Crippen LogP contribution in [0.25, 0.3) is 0 Å². The molecule has 92 valence electrons. The number of rotatable bonds is 8. The van der Waals surface area contributed by atoms with E-state index in [1.807, 2.05) is 13.8 Å². The van der Waals surface area contributed by atoms with E-state index >= 15 is 0 Å². The molecule has 0 spiro atoms. The third-order valence-corrected chi connectivity index (χ3v) is 1.74. The molecular formula is C12H20O4. The van der Waals surface area contributed by atoms with E-state index in [9.17, 15) is 4.79 Å². The Morgan fingerprint density at radius 2 is 1.94 bits per heavy atom. The predicted molar refractivity (Wildman–Crippen MR) is 61.9 cm³/mol. The Morgan fingerprint density at radius 3 is 2.44 bits per heavy atom. The zero-order chi connectivity index (χ0) is 12.6. The molecule has 0 rings (SSSR count). The summed E-state index contributed by atoms with van der Waals surface area (Å²) < 4.78 is 15.4. The van der Waals surface area contributed by atoms with Crippen molar-refractivity contribution in [2.75, 3.05) is 13.2 Å². The minimum atomic E-state index is -0.397. The molecule has 0 heterocycles. The quantitative estimate of drug-likeness (QED) is 0.362. The molecule has 0 fully saturated rings. The summed E-state index contributed by atoms with van der Waals surface area (Å²) in [5.74, 6) is -0.397.